The van der Waals surface area contributed by atoms with Crippen LogP contribution in [-0.2, 0) is 6.54 Å². The minimum atomic E-state index is -0.333. The largest absolute Gasteiger partial charge is 0.448 e. The molecule has 2 aromatic heterocycles. The van der Waals surface area contributed by atoms with Crippen LogP contribution in [0.3, 0.4) is 0 Å². The lowest BCUT2D eigenvalue weighted by Gasteiger charge is -2.10. The van der Waals surface area contributed by atoms with Crippen molar-refractivity contribution in [2.24, 2.45) is 0 Å². The fourth-order valence-corrected chi connectivity index (χ4v) is 2.44. The van der Waals surface area contributed by atoms with Gasteiger partial charge in [0.2, 0.25) is 0 Å². The topological polar surface area (TPSA) is 73.0 Å². The number of oxazole rings is 1. The maximum absolute atomic E-state index is 12.3. The Labute approximate surface area is 138 Å². The molecule has 0 atom stereocenters. The second-order valence-corrected chi connectivity index (χ2v) is 5.54. The van der Waals surface area contributed by atoms with Crippen LogP contribution in [0.2, 0.25) is 5.02 Å². The molecule has 1 aromatic carbocycles. The van der Waals surface area contributed by atoms with Crippen LogP contribution in [0.25, 0.3) is 0 Å². The summed E-state index contributed by atoms with van der Waals surface area (Å²) in [4.78, 5) is 16.2. The first-order valence-electron chi connectivity index (χ1n) is 7.03. The standard InChI is InChI=1S/C16H15ClN4O2/c1-10-7-19-21(8-12-5-3-4-6-13(12)17)15(10)20-16(22)14-11(2)23-9-18-14/h3-7,9H,8H2,1-2H3,(H,20,22). The summed E-state index contributed by atoms with van der Waals surface area (Å²) in [5, 5.41) is 7.80. The van der Waals surface area contributed by atoms with Crippen molar-refractivity contribution in [2.45, 2.75) is 20.4 Å². The summed E-state index contributed by atoms with van der Waals surface area (Å²) in [6, 6.07) is 7.53. The van der Waals surface area contributed by atoms with Crippen LogP contribution >= 0.6 is 11.6 Å². The predicted molar refractivity (Wildman–Crippen MR) is 86.7 cm³/mol. The molecular formula is C16H15ClN4O2. The van der Waals surface area contributed by atoms with Gasteiger partial charge in [0.05, 0.1) is 12.7 Å². The van der Waals surface area contributed by atoms with Crippen molar-refractivity contribution in [3.8, 4) is 0 Å². The Hall–Kier alpha value is -2.60. The van der Waals surface area contributed by atoms with Gasteiger partial charge in [-0.25, -0.2) is 9.67 Å². The zero-order chi connectivity index (χ0) is 16.4. The van der Waals surface area contributed by atoms with Crippen LogP contribution in [0.15, 0.2) is 41.3 Å². The molecule has 0 aliphatic heterocycles. The van der Waals surface area contributed by atoms with Gasteiger partial charge in [0.1, 0.15) is 11.6 Å². The van der Waals surface area contributed by atoms with Gasteiger partial charge in [0.25, 0.3) is 5.91 Å². The molecule has 0 aliphatic carbocycles. The molecule has 0 saturated heterocycles. The van der Waals surface area contributed by atoms with Crippen LogP contribution in [-0.4, -0.2) is 20.7 Å². The average molecular weight is 331 g/mol. The molecule has 0 saturated carbocycles. The van der Waals surface area contributed by atoms with Gasteiger partial charge < -0.3 is 9.73 Å². The van der Waals surface area contributed by atoms with E-state index in [1.807, 2.05) is 31.2 Å². The molecule has 2 heterocycles. The summed E-state index contributed by atoms with van der Waals surface area (Å²) in [6.45, 7) is 4.03. The van der Waals surface area contributed by atoms with Crippen LogP contribution < -0.4 is 5.32 Å². The third-order valence-corrected chi connectivity index (χ3v) is 3.86. The molecule has 1 N–H and O–H groups in total. The smallest absolute Gasteiger partial charge is 0.279 e. The van der Waals surface area contributed by atoms with E-state index in [1.54, 1.807) is 17.8 Å². The van der Waals surface area contributed by atoms with Gasteiger partial charge in [-0.05, 0) is 25.5 Å². The van der Waals surface area contributed by atoms with Gasteiger partial charge in [-0.2, -0.15) is 5.10 Å². The first-order chi connectivity index (χ1) is 11.1. The Bertz CT molecular complexity index is 853. The molecular weight excluding hydrogens is 316 g/mol. The van der Waals surface area contributed by atoms with E-state index in [4.69, 9.17) is 16.0 Å². The highest BCUT2D eigenvalue weighted by Crippen LogP contribution is 2.21. The van der Waals surface area contributed by atoms with E-state index >= 15 is 0 Å². The van der Waals surface area contributed by atoms with Crippen molar-refractivity contribution in [1.29, 1.82) is 0 Å². The van der Waals surface area contributed by atoms with Gasteiger partial charge in [-0.15, -0.1) is 0 Å². The molecule has 118 valence electrons. The van der Waals surface area contributed by atoms with E-state index in [0.717, 1.165) is 11.1 Å². The lowest BCUT2D eigenvalue weighted by atomic mass is 10.2. The summed E-state index contributed by atoms with van der Waals surface area (Å²) in [7, 11) is 0. The molecule has 0 aliphatic rings. The number of aromatic nitrogens is 3. The molecule has 1 amide bonds. The Morgan fingerprint density at radius 2 is 2.13 bits per heavy atom. The van der Waals surface area contributed by atoms with Gasteiger partial charge in [0.15, 0.2) is 12.1 Å². The van der Waals surface area contributed by atoms with Crippen LogP contribution in [0, 0.1) is 13.8 Å². The average Bonchev–Trinajstić information content (AvgIpc) is 3.10. The van der Waals surface area contributed by atoms with E-state index in [9.17, 15) is 4.79 Å². The summed E-state index contributed by atoms with van der Waals surface area (Å²) < 4.78 is 6.76. The Morgan fingerprint density at radius 3 is 2.83 bits per heavy atom. The highest BCUT2D eigenvalue weighted by atomic mass is 35.5. The van der Waals surface area contributed by atoms with Crippen LogP contribution in [0.5, 0.6) is 0 Å². The lowest BCUT2D eigenvalue weighted by Crippen LogP contribution is -2.18. The quantitative estimate of drug-likeness (QED) is 0.795. The second-order valence-electron chi connectivity index (χ2n) is 5.14. The van der Waals surface area contributed by atoms with E-state index < -0.39 is 0 Å². The van der Waals surface area contributed by atoms with Crippen molar-refractivity contribution in [3.05, 3.63) is 64.5 Å². The number of carbonyl (C=O) groups excluding carboxylic acids is 1. The summed E-state index contributed by atoms with van der Waals surface area (Å²) in [5.41, 5.74) is 2.03. The number of amides is 1. The van der Waals surface area contributed by atoms with E-state index in [-0.39, 0.29) is 11.6 Å². The van der Waals surface area contributed by atoms with Crippen molar-refractivity contribution < 1.29 is 9.21 Å². The Kier molecular flexibility index (Phi) is 4.16. The monoisotopic (exact) mass is 330 g/mol. The second kappa shape index (κ2) is 6.26. The number of hydrogen-bond donors (Lipinski definition) is 1. The molecule has 6 nitrogen and oxygen atoms in total. The van der Waals surface area contributed by atoms with Crippen LogP contribution in [0.4, 0.5) is 5.82 Å². The normalized spacial score (nSPS) is 10.7. The molecule has 0 fully saturated rings. The number of nitrogens with one attached hydrogen (secondary N) is 1. The van der Waals surface area contributed by atoms with E-state index in [1.165, 1.54) is 6.39 Å². The molecule has 3 rings (SSSR count). The molecule has 0 radical (unpaired) electrons. The summed E-state index contributed by atoms with van der Waals surface area (Å²) >= 11 is 6.19. The number of aryl methyl sites for hydroxylation is 2. The van der Waals surface area contributed by atoms with E-state index in [2.05, 4.69) is 15.4 Å². The van der Waals surface area contributed by atoms with Gasteiger partial charge in [-0.1, -0.05) is 29.8 Å². The Balaban J connectivity index is 1.86. The number of nitrogens with zero attached hydrogens (tertiary/aromatic N) is 3. The SMILES string of the molecule is Cc1cnn(Cc2ccccc2Cl)c1NC(=O)c1ncoc1C. The van der Waals surface area contributed by atoms with Crippen molar-refractivity contribution >= 4 is 23.3 Å². The maximum Gasteiger partial charge on any atom is 0.279 e. The predicted octanol–water partition coefficient (Wildman–Crippen LogP) is 3.44. The van der Waals surface area contributed by atoms with Crippen LogP contribution in [0.1, 0.15) is 27.4 Å². The van der Waals surface area contributed by atoms with Crippen molar-refractivity contribution in [2.75, 3.05) is 5.32 Å². The fraction of sp³-hybridized carbons (Fsp3) is 0.188. The molecule has 23 heavy (non-hydrogen) atoms. The Morgan fingerprint density at radius 1 is 1.35 bits per heavy atom. The first kappa shape index (κ1) is 15.3. The minimum Gasteiger partial charge on any atom is -0.448 e. The third kappa shape index (κ3) is 3.12. The lowest BCUT2D eigenvalue weighted by molar-refractivity contribution is 0.102. The highest BCUT2D eigenvalue weighted by Gasteiger charge is 2.17. The number of hydrogen-bond acceptors (Lipinski definition) is 4. The van der Waals surface area contributed by atoms with Gasteiger partial charge >= 0.3 is 0 Å². The highest BCUT2D eigenvalue weighted by molar-refractivity contribution is 6.31. The molecule has 0 unspecified atom stereocenters. The first-order valence-corrected chi connectivity index (χ1v) is 7.41. The number of carbonyl (C=O) groups is 1. The maximum atomic E-state index is 12.3. The summed E-state index contributed by atoms with van der Waals surface area (Å²) in [6.07, 6.45) is 2.94. The molecule has 3 aromatic rings. The van der Waals surface area contributed by atoms with Crippen molar-refractivity contribution in [1.82, 2.24) is 14.8 Å². The minimum absolute atomic E-state index is 0.259. The number of rotatable bonds is 4. The van der Waals surface area contributed by atoms with E-state index in [0.29, 0.717) is 23.1 Å². The van der Waals surface area contributed by atoms with Gasteiger partial charge in [-0.3, -0.25) is 4.79 Å². The number of halogens is 1. The third-order valence-electron chi connectivity index (χ3n) is 3.49. The fourth-order valence-electron chi connectivity index (χ4n) is 2.24. The zero-order valence-electron chi connectivity index (χ0n) is 12.7. The molecule has 0 spiro atoms. The zero-order valence-corrected chi connectivity index (χ0v) is 13.5. The van der Waals surface area contributed by atoms with Crippen molar-refractivity contribution in [3.63, 3.8) is 0 Å². The molecule has 7 heteroatoms. The molecule has 0 bridgehead atoms. The van der Waals surface area contributed by atoms with Gasteiger partial charge in [0, 0.05) is 10.6 Å². The summed E-state index contributed by atoms with van der Waals surface area (Å²) in [5.74, 6) is 0.745. The number of anilines is 1. The number of benzene rings is 1.